The van der Waals surface area contributed by atoms with Crippen molar-refractivity contribution in [3.05, 3.63) is 107 Å². The Labute approximate surface area is 144 Å². The highest BCUT2D eigenvalue weighted by molar-refractivity contribution is 5.41. The molecule has 24 heavy (non-hydrogen) atoms. The molecule has 4 rings (SSSR count). The first-order valence-electron chi connectivity index (χ1n) is 8.73. The zero-order chi connectivity index (χ0) is 16.4. The summed E-state index contributed by atoms with van der Waals surface area (Å²) in [4.78, 5) is 2.61. The van der Waals surface area contributed by atoms with Gasteiger partial charge in [-0.05, 0) is 29.2 Å². The lowest BCUT2D eigenvalue weighted by molar-refractivity contribution is 0.160. The lowest BCUT2D eigenvalue weighted by atomic mass is 9.79. The molecular weight excluding hydrogens is 290 g/mol. The molecular formula is C23H23N. The second-order valence-electron chi connectivity index (χ2n) is 6.72. The van der Waals surface area contributed by atoms with Crippen LogP contribution in [-0.2, 0) is 13.1 Å². The largest absolute Gasteiger partial charge is 0.291 e. The summed E-state index contributed by atoms with van der Waals surface area (Å²) in [5, 5.41) is 0. The van der Waals surface area contributed by atoms with E-state index in [0.717, 1.165) is 13.1 Å². The number of rotatable bonds is 3. The van der Waals surface area contributed by atoms with Crippen LogP contribution in [0.5, 0.6) is 0 Å². The molecule has 2 atom stereocenters. The van der Waals surface area contributed by atoms with Gasteiger partial charge in [0.05, 0.1) is 0 Å². The molecule has 0 bridgehead atoms. The van der Waals surface area contributed by atoms with Crippen molar-refractivity contribution in [2.45, 2.75) is 32.0 Å². The smallest absolute Gasteiger partial charge is 0.0246 e. The number of benzene rings is 3. The van der Waals surface area contributed by atoms with Gasteiger partial charge in [0.25, 0.3) is 0 Å². The second-order valence-corrected chi connectivity index (χ2v) is 6.72. The number of fused-ring (bicyclic) bond motifs is 1. The molecule has 0 aromatic heterocycles. The molecule has 0 spiro atoms. The van der Waals surface area contributed by atoms with Gasteiger partial charge in [-0.1, -0.05) is 84.9 Å². The molecule has 0 fully saturated rings. The fourth-order valence-electron chi connectivity index (χ4n) is 3.95. The average Bonchev–Trinajstić information content (AvgIpc) is 2.64. The topological polar surface area (TPSA) is 3.24 Å². The van der Waals surface area contributed by atoms with Crippen LogP contribution in [-0.4, -0.2) is 10.9 Å². The Hall–Kier alpha value is -2.38. The molecule has 0 saturated heterocycles. The zero-order valence-corrected chi connectivity index (χ0v) is 14.1. The van der Waals surface area contributed by atoms with E-state index < -0.39 is 0 Å². The molecule has 1 heterocycles. The summed E-state index contributed by atoms with van der Waals surface area (Å²) in [6.45, 7) is 4.39. The van der Waals surface area contributed by atoms with Gasteiger partial charge in [-0.15, -0.1) is 0 Å². The van der Waals surface area contributed by atoms with Crippen LogP contribution in [0.1, 0.15) is 35.1 Å². The first-order valence-corrected chi connectivity index (χ1v) is 8.73. The van der Waals surface area contributed by atoms with Crippen molar-refractivity contribution in [1.29, 1.82) is 0 Å². The summed E-state index contributed by atoms with van der Waals surface area (Å²) in [6.07, 6.45) is 0. The molecule has 0 amide bonds. The van der Waals surface area contributed by atoms with Crippen molar-refractivity contribution in [3.8, 4) is 0 Å². The molecule has 1 heteroatoms. The number of nitrogens with zero attached hydrogens (tertiary/aromatic N) is 1. The highest BCUT2D eigenvalue weighted by atomic mass is 15.2. The van der Waals surface area contributed by atoms with Gasteiger partial charge in [0.2, 0.25) is 0 Å². The van der Waals surface area contributed by atoms with Crippen molar-refractivity contribution >= 4 is 0 Å². The summed E-state index contributed by atoms with van der Waals surface area (Å²) in [6, 6.07) is 31.2. The van der Waals surface area contributed by atoms with E-state index in [2.05, 4.69) is 96.8 Å². The molecule has 0 N–H and O–H groups in total. The van der Waals surface area contributed by atoms with Crippen molar-refractivity contribution in [2.75, 3.05) is 0 Å². The summed E-state index contributed by atoms with van der Waals surface area (Å²) in [5.41, 5.74) is 5.74. The number of hydrogen-bond acceptors (Lipinski definition) is 1. The Bertz CT molecular complexity index is 795. The Morgan fingerprint density at radius 1 is 0.792 bits per heavy atom. The van der Waals surface area contributed by atoms with Gasteiger partial charge in [-0.3, -0.25) is 4.90 Å². The van der Waals surface area contributed by atoms with E-state index >= 15 is 0 Å². The SMILES string of the molecule is C[C@H]1C(c2ccccc2)c2ccccc2CN1Cc1ccccc1. The van der Waals surface area contributed by atoms with Gasteiger partial charge in [-0.2, -0.15) is 0 Å². The van der Waals surface area contributed by atoms with Gasteiger partial charge >= 0.3 is 0 Å². The van der Waals surface area contributed by atoms with E-state index in [1.54, 1.807) is 0 Å². The predicted octanol–water partition coefficient (Wildman–Crippen LogP) is 5.22. The number of hydrogen-bond donors (Lipinski definition) is 0. The van der Waals surface area contributed by atoms with E-state index in [4.69, 9.17) is 0 Å². The second kappa shape index (κ2) is 6.62. The third kappa shape index (κ3) is 2.88. The third-order valence-electron chi connectivity index (χ3n) is 5.21. The highest BCUT2D eigenvalue weighted by Crippen LogP contribution is 2.38. The molecule has 0 radical (unpaired) electrons. The van der Waals surface area contributed by atoms with Gasteiger partial charge in [0.1, 0.15) is 0 Å². The molecule has 120 valence electrons. The maximum atomic E-state index is 2.61. The molecule has 0 saturated carbocycles. The average molecular weight is 313 g/mol. The summed E-state index contributed by atoms with van der Waals surface area (Å²) < 4.78 is 0. The van der Waals surface area contributed by atoms with E-state index in [0.29, 0.717) is 12.0 Å². The standard InChI is InChI=1S/C23H23N/c1-18-23(20-12-6-3-7-13-20)22-15-9-8-14-21(22)17-24(18)16-19-10-4-2-5-11-19/h2-15,18,23H,16-17H2,1H3/t18-,23?/m0/s1. The Balaban J connectivity index is 1.72. The van der Waals surface area contributed by atoms with E-state index in [1.807, 2.05) is 0 Å². The molecule has 1 nitrogen and oxygen atoms in total. The first kappa shape index (κ1) is 15.2. The monoisotopic (exact) mass is 313 g/mol. The summed E-state index contributed by atoms with van der Waals surface area (Å²) >= 11 is 0. The summed E-state index contributed by atoms with van der Waals surface area (Å²) in [5.74, 6) is 0.430. The highest BCUT2D eigenvalue weighted by Gasteiger charge is 2.32. The Morgan fingerprint density at radius 2 is 1.42 bits per heavy atom. The van der Waals surface area contributed by atoms with Crippen molar-refractivity contribution in [1.82, 2.24) is 4.90 Å². The van der Waals surface area contributed by atoms with Crippen molar-refractivity contribution < 1.29 is 0 Å². The van der Waals surface area contributed by atoms with Crippen LogP contribution < -0.4 is 0 Å². The normalized spacial score (nSPS) is 20.5. The lowest BCUT2D eigenvalue weighted by Gasteiger charge is -2.41. The Morgan fingerprint density at radius 3 is 2.17 bits per heavy atom. The van der Waals surface area contributed by atoms with Crippen LogP contribution in [0.2, 0.25) is 0 Å². The zero-order valence-electron chi connectivity index (χ0n) is 14.1. The van der Waals surface area contributed by atoms with Gasteiger partial charge < -0.3 is 0 Å². The maximum absolute atomic E-state index is 2.61. The van der Waals surface area contributed by atoms with E-state index in [9.17, 15) is 0 Å². The van der Waals surface area contributed by atoms with Gasteiger partial charge in [0, 0.05) is 25.0 Å². The fraction of sp³-hybridized carbons (Fsp3) is 0.217. The summed E-state index contributed by atoms with van der Waals surface area (Å²) in [7, 11) is 0. The van der Waals surface area contributed by atoms with Crippen LogP contribution in [0.4, 0.5) is 0 Å². The van der Waals surface area contributed by atoms with Gasteiger partial charge in [0.15, 0.2) is 0 Å². The first-order chi connectivity index (χ1) is 11.8. The minimum Gasteiger partial charge on any atom is -0.291 e. The third-order valence-corrected chi connectivity index (χ3v) is 5.21. The molecule has 3 aromatic carbocycles. The molecule has 0 aliphatic carbocycles. The van der Waals surface area contributed by atoms with Crippen LogP contribution in [0, 0.1) is 0 Å². The molecule has 3 aromatic rings. The van der Waals surface area contributed by atoms with Crippen LogP contribution in [0.3, 0.4) is 0 Å². The fourth-order valence-corrected chi connectivity index (χ4v) is 3.95. The van der Waals surface area contributed by atoms with Crippen LogP contribution in [0.15, 0.2) is 84.9 Å². The minimum absolute atomic E-state index is 0.430. The van der Waals surface area contributed by atoms with E-state index in [-0.39, 0.29) is 0 Å². The molecule has 1 aliphatic rings. The Kier molecular flexibility index (Phi) is 4.18. The van der Waals surface area contributed by atoms with Crippen molar-refractivity contribution in [2.24, 2.45) is 0 Å². The minimum atomic E-state index is 0.430. The molecule has 1 unspecified atom stereocenters. The maximum Gasteiger partial charge on any atom is 0.0246 e. The lowest BCUT2D eigenvalue weighted by Crippen LogP contribution is -2.41. The van der Waals surface area contributed by atoms with Gasteiger partial charge in [-0.25, -0.2) is 0 Å². The molecule has 1 aliphatic heterocycles. The van der Waals surface area contributed by atoms with E-state index in [1.165, 1.54) is 22.3 Å². The van der Waals surface area contributed by atoms with Crippen molar-refractivity contribution in [3.63, 3.8) is 0 Å². The van der Waals surface area contributed by atoms with Crippen LogP contribution in [0.25, 0.3) is 0 Å². The quantitative estimate of drug-likeness (QED) is 0.640. The predicted molar refractivity (Wildman–Crippen MR) is 99.9 cm³/mol. The van der Waals surface area contributed by atoms with Crippen LogP contribution >= 0.6 is 0 Å².